The average Bonchev–Trinajstić information content (AvgIpc) is 2.60. The zero-order valence-corrected chi connectivity index (χ0v) is 14.8. The molecule has 1 unspecified atom stereocenters. The van der Waals surface area contributed by atoms with E-state index in [1.54, 1.807) is 31.2 Å². The van der Waals surface area contributed by atoms with Crippen molar-refractivity contribution < 1.29 is 14.3 Å². The summed E-state index contributed by atoms with van der Waals surface area (Å²) in [6.07, 6.45) is 1.95. The van der Waals surface area contributed by atoms with Gasteiger partial charge in [-0.2, -0.15) is 0 Å². The second kappa shape index (κ2) is 9.03. The van der Waals surface area contributed by atoms with Gasteiger partial charge in [-0.05, 0) is 31.5 Å². The number of thioether (sulfide) groups is 1. The number of carbonyl (C=O) groups is 2. The van der Waals surface area contributed by atoms with Gasteiger partial charge in [-0.3, -0.25) is 9.59 Å². The van der Waals surface area contributed by atoms with E-state index in [9.17, 15) is 14.4 Å². The highest BCUT2D eigenvalue weighted by Crippen LogP contribution is 2.23. The summed E-state index contributed by atoms with van der Waals surface area (Å²) >= 11 is 1.18. The number of hydrogen-bond acceptors (Lipinski definition) is 6. The van der Waals surface area contributed by atoms with E-state index < -0.39 is 11.2 Å². The molecule has 1 amide bonds. The van der Waals surface area contributed by atoms with Crippen LogP contribution in [0.4, 0.5) is 5.69 Å². The number of hydrogen-bond donors (Lipinski definition) is 2. The summed E-state index contributed by atoms with van der Waals surface area (Å²) in [6, 6.07) is 7.87. The van der Waals surface area contributed by atoms with Gasteiger partial charge in [-0.15, -0.1) is 0 Å². The van der Waals surface area contributed by atoms with E-state index in [-0.39, 0.29) is 18.1 Å². The molecule has 2 N–H and O–H groups in total. The molecule has 1 heterocycles. The lowest BCUT2D eigenvalue weighted by Crippen LogP contribution is -2.25. The van der Waals surface area contributed by atoms with Crippen LogP contribution in [0.15, 0.2) is 46.5 Å². The first kappa shape index (κ1) is 18.7. The van der Waals surface area contributed by atoms with Crippen LogP contribution < -0.4 is 10.9 Å². The van der Waals surface area contributed by atoms with Crippen LogP contribution in [-0.2, 0) is 9.53 Å². The fourth-order valence-electron chi connectivity index (χ4n) is 2.03. The van der Waals surface area contributed by atoms with Crippen molar-refractivity contribution in [3.05, 3.63) is 52.4 Å². The topological polar surface area (TPSA) is 101 Å². The number of carbonyl (C=O) groups excluding carboxylic acids is 2. The van der Waals surface area contributed by atoms with Crippen molar-refractivity contribution in [2.24, 2.45) is 0 Å². The van der Waals surface area contributed by atoms with E-state index >= 15 is 0 Å². The van der Waals surface area contributed by atoms with E-state index in [1.165, 1.54) is 24.0 Å². The molecule has 8 heteroatoms. The molecule has 0 spiro atoms. The highest BCUT2D eigenvalue weighted by Gasteiger charge is 2.19. The number of rotatable bonds is 7. The number of benzene rings is 1. The average molecular weight is 361 g/mol. The van der Waals surface area contributed by atoms with Crippen molar-refractivity contribution in [1.82, 2.24) is 9.97 Å². The molecule has 0 fully saturated rings. The molecule has 132 valence electrons. The van der Waals surface area contributed by atoms with Crippen LogP contribution in [0.1, 0.15) is 30.6 Å². The molecule has 0 saturated carbocycles. The Labute approximate surface area is 149 Å². The molecule has 0 aliphatic rings. The summed E-state index contributed by atoms with van der Waals surface area (Å²) in [7, 11) is 0. The number of nitrogens with zero attached hydrogens (tertiary/aromatic N) is 1. The monoisotopic (exact) mass is 361 g/mol. The van der Waals surface area contributed by atoms with Gasteiger partial charge in [-0.25, -0.2) is 9.78 Å². The molecule has 0 bridgehead atoms. The van der Waals surface area contributed by atoms with Gasteiger partial charge in [0.15, 0.2) is 5.16 Å². The number of nitrogens with one attached hydrogen (secondary N) is 2. The predicted octanol–water partition coefficient (Wildman–Crippen LogP) is 2.46. The van der Waals surface area contributed by atoms with E-state index in [4.69, 9.17) is 4.74 Å². The quantitative estimate of drug-likeness (QED) is 0.446. The molecule has 0 aliphatic carbocycles. The maximum atomic E-state index is 12.5. The van der Waals surface area contributed by atoms with Gasteiger partial charge in [0.05, 0.1) is 17.4 Å². The van der Waals surface area contributed by atoms with Crippen LogP contribution >= 0.6 is 11.8 Å². The van der Waals surface area contributed by atoms with Crippen molar-refractivity contribution in [2.45, 2.75) is 30.7 Å². The normalized spacial score (nSPS) is 11.6. The highest BCUT2D eigenvalue weighted by molar-refractivity contribution is 8.00. The minimum absolute atomic E-state index is 0.236. The highest BCUT2D eigenvalue weighted by atomic mass is 32.2. The van der Waals surface area contributed by atoms with E-state index in [0.717, 1.165) is 0 Å². The first-order valence-corrected chi connectivity index (χ1v) is 8.71. The molecular formula is C17H19N3O4S. The Bertz CT molecular complexity index is 806. The largest absolute Gasteiger partial charge is 0.462 e. The molecule has 1 aromatic heterocycles. The number of amides is 1. The number of esters is 1. The lowest BCUT2D eigenvalue weighted by atomic mass is 10.2. The van der Waals surface area contributed by atoms with Crippen molar-refractivity contribution >= 4 is 29.3 Å². The molecule has 1 aromatic carbocycles. The Morgan fingerprint density at radius 1 is 1.32 bits per heavy atom. The first-order chi connectivity index (χ1) is 12.0. The van der Waals surface area contributed by atoms with Gasteiger partial charge >= 0.3 is 5.97 Å². The third-order valence-electron chi connectivity index (χ3n) is 3.21. The fraction of sp³-hybridized carbons (Fsp3) is 0.294. The number of anilines is 1. The van der Waals surface area contributed by atoms with Crippen LogP contribution in [0.2, 0.25) is 0 Å². The van der Waals surface area contributed by atoms with Crippen LogP contribution in [0.25, 0.3) is 0 Å². The van der Waals surface area contributed by atoms with Crippen molar-refractivity contribution in [2.75, 3.05) is 11.9 Å². The minimum Gasteiger partial charge on any atom is -0.462 e. The lowest BCUT2D eigenvalue weighted by Gasteiger charge is -2.14. The zero-order valence-electron chi connectivity index (χ0n) is 13.9. The number of aromatic nitrogens is 2. The van der Waals surface area contributed by atoms with Gasteiger partial charge in [0.2, 0.25) is 5.91 Å². The third kappa shape index (κ3) is 5.46. The summed E-state index contributed by atoms with van der Waals surface area (Å²) in [4.78, 5) is 42.2. The van der Waals surface area contributed by atoms with Gasteiger partial charge in [0.1, 0.15) is 0 Å². The smallest absolute Gasteiger partial charge is 0.338 e. The van der Waals surface area contributed by atoms with E-state index in [0.29, 0.717) is 22.8 Å². The molecule has 0 aliphatic heterocycles. The zero-order chi connectivity index (χ0) is 18.2. The summed E-state index contributed by atoms with van der Waals surface area (Å²) in [5.74, 6) is -0.675. The summed E-state index contributed by atoms with van der Waals surface area (Å²) in [6.45, 7) is 3.88. The molecule has 2 aromatic rings. The number of ether oxygens (including phenoxy) is 1. The molecule has 25 heavy (non-hydrogen) atoms. The first-order valence-electron chi connectivity index (χ1n) is 7.83. The molecule has 2 rings (SSSR count). The second-order valence-electron chi connectivity index (χ2n) is 5.04. The Kier molecular flexibility index (Phi) is 6.76. The Morgan fingerprint density at radius 3 is 2.80 bits per heavy atom. The number of H-pyrrole nitrogens is 1. The minimum atomic E-state index is -0.439. The standard InChI is InChI=1S/C17H19N3O4S/c1-3-13(25-17-18-9-8-14(21)20-17)15(22)19-12-7-5-6-11(10-12)16(23)24-4-2/h5-10,13H,3-4H2,1-2H3,(H,19,22)(H,18,20,21). The second-order valence-corrected chi connectivity index (χ2v) is 6.24. The van der Waals surface area contributed by atoms with Gasteiger partial charge < -0.3 is 15.0 Å². The number of aromatic amines is 1. The van der Waals surface area contributed by atoms with Crippen LogP contribution in [0.5, 0.6) is 0 Å². The van der Waals surface area contributed by atoms with E-state index in [2.05, 4.69) is 15.3 Å². The molecule has 0 radical (unpaired) electrons. The van der Waals surface area contributed by atoms with E-state index in [1.807, 2.05) is 6.92 Å². The Balaban J connectivity index is 2.07. The molecular weight excluding hydrogens is 342 g/mol. The van der Waals surface area contributed by atoms with Crippen LogP contribution in [0, 0.1) is 0 Å². The van der Waals surface area contributed by atoms with Gasteiger partial charge in [0, 0.05) is 18.0 Å². The maximum absolute atomic E-state index is 12.5. The van der Waals surface area contributed by atoms with Gasteiger partial charge in [-0.1, -0.05) is 24.8 Å². The van der Waals surface area contributed by atoms with Crippen molar-refractivity contribution in [3.63, 3.8) is 0 Å². The van der Waals surface area contributed by atoms with Gasteiger partial charge in [0.25, 0.3) is 5.56 Å². The Morgan fingerprint density at radius 2 is 2.12 bits per heavy atom. The van der Waals surface area contributed by atoms with Crippen molar-refractivity contribution in [3.8, 4) is 0 Å². The lowest BCUT2D eigenvalue weighted by molar-refractivity contribution is -0.115. The van der Waals surface area contributed by atoms with Crippen LogP contribution in [-0.4, -0.2) is 33.7 Å². The molecule has 7 nitrogen and oxygen atoms in total. The summed E-state index contributed by atoms with van der Waals surface area (Å²) in [5.41, 5.74) is 0.605. The van der Waals surface area contributed by atoms with Crippen molar-refractivity contribution in [1.29, 1.82) is 0 Å². The summed E-state index contributed by atoms with van der Waals surface area (Å²) in [5, 5.41) is 2.73. The van der Waals surface area contributed by atoms with Crippen LogP contribution in [0.3, 0.4) is 0 Å². The molecule has 1 atom stereocenters. The maximum Gasteiger partial charge on any atom is 0.338 e. The SMILES string of the molecule is CCOC(=O)c1cccc(NC(=O)C(CC)Sc2nccc(=O)[nH]2)c1. The summed E-state index contributed by atoms with van der Waals surface area (Å²) < 4.78 is 4.95. The third-order valence-corrected chi connectivity index (χ3v) is 4.47. The predicted molar refractivity (Wildman–Crippen MR) is 95.8 cm³/mol. The fourth-order valence-corrected chi connectivity index (χ4v) is 2.91. The molecule has 0 saturated heterocycles. The Hall–Kier alpha value is -2.61.